The summed E-state index contributed by atoms with van der Waals surface area (Å²) in [5.74, 6) is -1.08. The van der Waals surface area contributed by atoms with E-state index in [0.717, 1.165) is 17.8 Å². The molecule has 2 aliphatic rings. The number of benzene rings is 1. The Morgan fingerprint density at radius 2 is 1.94 bits per heavy atom. The van der Waals surface area contributed by atoms with E-state index in [0.29, 0.717) is 27.9 Å². The molecule has 12 heteroatoms. The van der Waals surface area contributed by atoms with Crippen molar-refractivity contribution >= 4 is 50.0 Å². The molecule has 1 N–H and O–H groups in total. The molecule has 3 aromatic rings. The number of imide groups is 1. The number of rotatable bonds is 4. The van der Waals surface area contributed by atoms with Gasteiger partial charge < -0.3 is 9.15 Å². The summed E-state index contributed by atoms with van der Waals surface area (Å²) in [6.07, 6.45) is 4.46. The first-order valence-electron chi connectivity index (χ1n) is 9.83. The summed E-state index contributed by atoms with van der Waals surface area (Å²) >= 11 is 0.764. The molecule has 5 rings (SSSR count). The SMILES string of the molecule is O=C1NC(=O)/C(=C\c2cc3cncc(-c4ccc(S(=O)(=O)N5CCOCC5)c(F)c4)c3o2)S1. The number of hydrogen-bond donors (Lipinski definition) is 1. The number of aromatic nitrogens is 1. The second kappa shape index (κ2) is 8.37. The Morgan fingerprint density at radius 1 is 1.15 bits per heavy atom. The molecule has 0 spiro atoms. The summed E-state index contributed by atoms with van der Waals surface area (Å²) in [6, 6.07) is 5.49. The third-order valence-electron chi connectivity index (χ3n) is 5.19. The second-order valence-corrected chi connectivity index (χ2v) is 10.2. The van der Waals surface area contributed by atoms with Gasteiger partial charge in [-0.15, -0.1) is 0 Å². The van der Waals surface area contributed by atoms with E-state index in [4.69, 9.17) is 9.15 Å². The lowest BCUT2D eigenvalue weighted by molar-refractivity contribution is -0.115. The van der Waals surface area contributed by atoms with Crippen molar-refractivity contribution in [3.63, 3.8) is 0 Å². The summed E-state index contributed by atoms with van der Waals surface area (Å²) in [5, 5.41) is 2.30. The zero-order chi connectivity index (χ0) is 23.2. The van der Waals surface area contributed by atoms with Crippen molar-refractivity contribution in [2.24, 2.45) is 0 Å². The third kappa shape index (κ3) is 4.06. The Hall–Kier alpha value is -3.06. The van der Waals surface area contributed by atoms with Crippen molar-refractivity contribution in [3.05, 3.63) is 53.1 Å². The third-order valence-corrected chi connectivity index (χ3v) is 7.93. The quantitative estimate of drug-likeness (QED) is 0.556. The molecule has 9 nitrogen and oxygen atoms in total. The van der Waals surface area contributed by atoms with Gasteiger partial charge in [-0.2, -0.15) is 4.31 Å². The van der Waals surface area contributed by atoms with Crippen LogP contribution in [0.4, 0.5) is 9.18 Å². The Balaban J connectivity index is 1.51. The van der Waals surface area contributed by atoms with Crippen LogP contribution in [0.25, 0.3) is 28.2 Å². The van der Waals surface area contributed by atoms with Gasteiger partial charge >= 0.3 is 0 Å². The lowest BCUT2D eigenvalue weighted by Gasteiger charge is -2.26. The fourth-order valence-electron chi connectivity index (χ4n) is 3.61. The van der Waals surface area contributed by atoms with Gasteiger partial charge in [0, 0.05) is 42.5 Å². The number of ether oxygens (including phenoxy) is 1. The monoisotopic (exact) mass is 489 g/mol. The van der Waals surface area contributed by atoms with E-state index < -0.39 is 31.9 Å². The normalized spacial score (nSPS) is 18.9. The predicted octanol–water partition coefficient (Wildman–Crippen LogP) is 2.98. The minimum Gasteiger partial charge on any atom is -0.456 e. The van der Waals surface area contributed by atoms with Gasteiger partial charge in [-0.25, -0.2) is 12.8 Å². The summed E-state index contributed by atoms with van der Waals surface area (Å²) in [7, 11) is -3.99. The summed E-state index contributed by atoms with van der Waals surface area (Å²) in [5.41, 5.74) is 1.21. The number of furan rings is 1. The van der Waals surface area contributed by atoms with Crippen LogP contribution in [0, 0.1) is 5.82 Å². The van der Waals surface area contributed by atoms with Crippen LogP contribution >= 0.6 is 11.8 Å². The van der Waals surface area contributed by atoms with Gasteiger partial charge in [0.25, 0.3) is 11.1 Å². The van der Waals surface area contributed by atoms with Crippen LogP contribution in [0.2, 0.25) is 0 Å². The molecule has 0 atom stereocenters. The van der Waals surface area contributed by atoms with Gasteiger partial charge in [0.05, 0.1) is 18.1 Å². The van der Waals surface area contributed by atoms with E-state index in [9.17, 15) is 22.4 Å². The number of sulfonamides is 1. The fraction of sp³-hybridized carbons (Fsp3) is 0.190. The lowest BCUT2D eigenvalue weighted by Crippen LogP contribution is -2.40. The molecule has 2 fully saturated rings. The molecule has 4 heterocycles. The number of nitrogens with zero attached hydrogens (tertiary/aromatic N) is 2. The zero-order valence-corrected chi connectivity index (χ0v) is 18.5. The molecule has 170 valence electrons. The average Bonchev–Trinajstić information content (AvgIpc) is 3.35. The minimum atomic E-state index is -3.99. The summed E-state index contributed by atoms with van der Waals surface area (Å²) in [4.78, 5) is 27.1. The number of nitrogens with one attached hydrogen (secondary N) is 1. The molecule has 1 aromatic carbocycles. The maximum atomic E-state index is 15.0. The first-order chi connectivity index (χ1) is 15.8. The van der Waals surface area contributed by atoms with Crippen molar-refractivity contribution in [3.8, 4) is 11.1 Å². The van der Waals surface area contributed by atoms with Crippen molar-refractivity contribution < 1.29 is 31.6 Å². The van der Waals surface area contributed by atoms with Gasteiger partial charge in [-0.3, -0.25) is 19.9 Å². The average molecular weight is 490 g/mol. The minimum absolute atomic E-state index is 0.166. The van der Waals surface area contributed by atoms with Crippen LogP contribution in [0.1, 0.15) is 5.76 Å². The van der Waals surface area contributed by atoms with Crippen molar-refractivity contribution in [1.82, 2.24) is 14.6 Å². The molecule has 2 amide bonds. The van der Waals surface area contributed by atoms with Crippen LogP contribution < -0.4 is 5.32 Å². The lowest BCUT2D eigenvalue weighted by atomic mass is 10.1. The van der Waals surface area contributed by atoms with Crippen LogP contribution in [0.5, 0.6) is 0 Å². The van der Waals surface area contributed by atoms with Crippen LogP contribution in [-0.4, -0.2) is 55.2 Å². The van der Waals surface area contributed by atoms with Crippen molar-refractivity contribution in [2.45, 2.75) is 4.90 Å². The molecular formula is C21H16FN3O6S2. The number of carbonyl (C=O) groups is 2. The Bertz CT molecular complexity index is 1430. The van der Waals surface area contributed by atoms with E-state index >= 15 is 0 Å². The molecule has 0 bridgehead atoms. The molecule has 0 saturated carbocycles. The highest BCUT2D eigenvalue weighted by molar-refractivity contribution is 8.18. The Morgan fingerprint density at radius 3 is 2.64 bits per heavy atom. The fourth-order valence-corrected chi connectivity index (χ4v) is 5.73. The van der Waals surface area contributed by atoms with E-state index in [1.54, 1.807) is 12.3 Å². The first-order valence-corrected chi connectivity index (χ1v) is 12.1. The number of thioether (sulfide) groups is 1. The Kier molecular flexibility index (Phi) is 5.52. The largest absolute Gasteiger partial charge is 0.456 e. The summed E-state index contributed by atoms with van der Waals surface area (Å²) < 4.78 is 52.8. The van der Waals surface area contributed by atoms with Gasteiger partial charge in [-0.1, -0.05) is 6.07 Å². The molecule has 0 aliphatic carbocycles. The Labute approximate surface area is 191 Å². The number of carbonyl (C=O) groups excluding carboxylic acids is 2. The number of amides is 2. The maximum absolute atomic E-state index is 15.0. The second-order valence-electron chi connectivity index (χ2n) is 7.27. The molecule has 2 aliphatic heterocycles. The number of halogens is 1. The number of morpholine rings is 1. The van der Waals surface area contributed by atoms with Gasteiger partial charge in [0.2, 0.25) is 10.0 Å². The zero-order valence-electron chi connectivity index (χ0n) is 16.9. The molecule has 2 saturated heterocycles. The van der Waals surface area contributed by atoms with Crippen LogP contribution in [-0.2, 0) is 19.6 Å². The molecule has 2 aromatic heterocycles. The van der Waals surface area contributed by atoms with Crippen molar-refractivity contribution in [1.29, 1.82) is 0 Å². The van der Waals surface area contributed by atoms with E-state index in [2.05, 4.69) is 10.3 Å². The van der Waals surface area contributed by atoms with E-state index in [1.807, 2.05) is 0 Å². The standard InChI is InChI=1S/C21H16FN3O6S2/c22-16-8-12(1-2-18(16)33(28,29)25-3-5-30-6-4-25)15-11-23-10-13-7-14(31-19(13)15)9-17-20(26)24-21(27)32-17/h1-2,7-11H,3-6H2,(H,24,26,27)/b17-9+. The van der Waals surface area contributed by atoms with Crippen LogP contribution in [0.3, 0.4) is 0 Å². The molecule has 0 radical (unpaired) electrons. The van der Waals surface area contributed by atoms with E-state index in [1.165, 1.54) is 28.7 Å². The van der Waals surface area contributed by atoms with Gasteiger partial charge in [-0.05, 0) is 35.5 Å². The summed E-state index contributed by atoms with van der Waals surface area (Å²) in [6.45, 7) is 0.856. The first kappa shape index (κ1) is 21.8. The molecular weight excluding hydrogens is 473 g/mol. The smallest absolute Gasteiger partial charge is 0.290 e. The van der Waals surface area contributed by atoms with Crippen molar-refractivity contribution in [2.75, 3.05) is 26.3 Å². The highest BCUT2D eigenvalue weighted by Crippen LogP contribution is 2.34. The number of hydrogen-bond acceptors (Lipinski definition) is 8. The topological polar surface area (TPSA) is 119 Å². The predicted molar refractivity (Wildman–Crippen MR) is 118 cm³/mol. The highest BCUT2D eigenvalue weighted by Gasteiger charge is 2.29. The number of pyridine rings is 1. The number of fused-ring (bicyclic) bond motifs is 1. The highest BCUT2D eigenvalue weighted by atomic mass is 32.2. The maximum Gasteiger partial charge on any atom is 0.290 e. The van der Waals surface area contributed by atoms with Crippen LogP contribution in [0.15, 0.2) is 50.9 Å². The van der Waals surface area contributed by atoms with E-state index in [-0.39, 0.29) is 31.2 Å². The van der Waals surface area contributed by atoms with Gasteiger partial charge in [0.1, 0.15) is 22.1 Å². The molecule has 0 unspecified atom stereocenters. The molecule has 33 heavy (non-hydrogen) atoms. The van der Waals surface area contributed by atoms with Gasteiger partial charge in [0.15, 0.2) is 0 Å².